The molecular formula is C37H43FN4O2. The van der Waals surface area contributed by atoms with E-state index >= 15 is 0 Å². The third kappa shape index (κ3) is 7.90. The summed E-state index contributed by atoms with van der Waals surface area (Å²) < 4.78 is 13.6. The molecule has 0 bridgehead atoms. The molecular weight excluding hydrogens is 551 g/mol. The highest BCUT2D eigenvalue weighted by Crippen LogP contribution is 2.27. The van der Waals surface area contributed by atoms with E-state index in [9.17, 15) is 14.0 Å². The van der Waals surface area contributed by atoms with E-state index in [4.69, 9.17) is 0 Å². The number of benzene rings is 4. The van der Waals surface area contributed by atoms with Gasteiger partial charge in [0, 0.05) is 43.7 Å². The van der Waals surface area contributed by atoms with Crippen molar-refractivity contribution in [2.24, 2.45) is 0 Å². The lowest BCUT2D eigenvalue weighted by atomic mass is 9.90. The molecule has 0 radical (unpaired) electrons. The van der Waals surface area contributed by atoms with E-state index in [1.807, 2.05) is 17.0 Å². The van der Waals surface area contributed by atoms with Gasteiger partial charge in [-0.25, -0.2) is 4.39 Å². The fourth-order valence-corrected chi connectivity index (χ4v) is 6.15. The predicted octanol–water partition coefficient (Wildman–Crippen LogP) is 5.83. The summed E-state index contributed by atoms with van der Waals surface area (Å²) in [5.41, 5.74) is 2.90. The van der Waals surface area contributed by atoms with Gasteiger partial charge < -0.3 is 20.4 Å². The van der Waals surface area contributed by atoms with Crippen LogP contribution in [-0.2, 0) is 4.79 Å². The number of rotatable bonds is 12. The monoisotopic (exact) mass is 594 g/mol. The van der Waals surface area contributed by atoms with Gasteiger partial charge in [-0.2, -0.15) is 0 Å². The lowest BCUT2D eigenvalue weighted by Crippen LogP contribution is -2.50. The van der Waals surface area contributed by atoms with Gasteiger partial charge in [-0.05, 0) is 72.1 Å². The van der Waals surface area contributed by atoms with Crippen molar-refractivity contribution in [3.05, 3.63) is 120 Å². The maximum Gasteiger partial charge on any atom is 0.251 e. The molecule has 1 aliphatic heterocycles. The second kappa shape index (κ2) is 15.1. The molecule has 1 aliphatic rings. The molecule has 1 heterocycles. The molecule has 6 nitrogen and oxygen atoms in total. The molecule has 0 spiro atoms. The first-order valence-corrected chi connectivity index (χ1v) is 15.8. The van der Waals surface area contributed by atoms with Gasteiger partial charge >= 0.3 is 0 Å². The second-order valence-electron chi connectivity index (χ2n) is 11.6. The van der Waals surface area contributed by atoms with Crippen molar-refractivity contribution in [1.82, 2.24) is 20.4 Å². The van der Waals surface area contributed by atoms with Crippen LogP contribution in [0.1, 0.15) is 54.1 Å². The van der Waals surface area contributed by atoms with Crippen molar-refractivity contribution < 1.29 is 14.0 Å². The zero-order valence-electron chi connectivity index (χ0n) is 25.7. The highest BCUT2D eigenvalue weighted by molar-refractivity contribution is 5.98. The zero-order valence-corrected chi connectivity index (χ0v) is 25.7. The Balaban J connectivity index is 1.32. The van der Waals surface area contributed by atoms with E-state index < -0.39 is 0 Å². The highest BCUT2D eigenvalue weighted by Gasteiger charge is 2.33. The summed E-state index contributed by atoms with van der Waals surface area (Å²) in [7, 11) is 0. The number of amides is 2. The number of carbonyl (C=O) groups excluding carboxylic acids is 2. The average Bonchev–Trinajstić information content (AvgIpc) is 3.21. The van der Waals surface area contributed by atoms with Crippen molar-refractivity contribution in [2.75, 3.05) is 39.3 Å². The minimum Gasteiger partial charge on any atom is -0.350 e. The first-order valence-electron chi connectivity index (χ1n) is 15.8. The highest BCUT2D eigenvalue weighted by atomic mass is 19.1. The maximum absolute atomic E-state index is 14.1. The lowest BCUT2D eigenvalue weighted by Gasteiger charge is -2.30. The summed E-state index contributed by atoms with van der Waals surface area (Å²) in [5, 5.41) is 8.28. The number of nitrogens with zero attached hydrogens (tertiary/aromatic N) is 2. The third-order valence-corrected chi connectivity index (χ3v) is 8.80. The molecule has 2 amide bonds. The minimum atomic E-state index is -0.345. The van der Waals surface area contributed by atoms with Gasteiger partial charge in [0.1, 0.15) is 5.82 Å². The molecule has 0 aliphatic carbocycles. The first kappa shape index (κ1) is 31.4. The van der Waals surface area contributed by atoms with E-state index in [-0.39, 0.29) is 35.6 Å². The Labute approximate surface area is 260 Å². The van der Waals surface area contributed by atoms with Crippen LogP contribution in [0.25, 0.3) is 10.8 Å². The van der Waals surface area contributed by atoms with Crippen LogP contribution in [0.5, 0.6) is 0 Å². The molecule has 1 fully saturated rings. The molecule has 2 unspecified atom stereocenters. The van der Waals surface area contributed by atoms with E-state index in [0.29, 0.717) is 31.6 Å². The van der Waals surface area contributed by atoms with Crippen LogP contribution in [0.3, 0.4) is 0 Å². The molecule has 0 saturated carbocycles. The normalized spacial score (nSPS) is 17.3. The van der Waals surface area contributed by atoms with Crippen LogP contribution < -0.4 is 10.6 Å². The Kier molecular flexibility index (Phi) is 10.8. The largest absolute Gasteiger partial charge is 0.350 e. The molecule has 2 atom stereocenters. The lowest BCUT2D eigenvalue weighted by molar-refractivity contribution is -0.133. The smallest absolute Gasteiger partial charge is 0.251 e. The van der Waals surface area contributed by atoms with Gasteiger partial charge in [0.05, 0.1) is 6.04 Å². The summed E-state index contributed by atoms with van der Waals surface area (Å²) >= 11 is 0. The molecule has 230 valence electrons. The Bertz CT molecular complexity index is 1490. The Morgan fingerprint density at radius 3 is 2.23 bits per heavy atom. The van der Waals surface area contributed by atoms with Crippen LogP contribution in [0.4, 0.5) is 4.39 Å². The van der Waals surface area contributed by atoms with E-state index in [2.05, 4.69) is 77.9 Å². The second-order valence-corrected chi connectivity index (χ2v) is 11.6. The van der Waals surface area contributed by atoms with Crippen LogP contribution in [-0.4, -0.2) is 73.0 Å². The van der Waals surface area contributed by atoms with E-state index in [1.165, 1.54) is 23.3 Å². The maximum atomic E-state index is 14.1. The average molecular weight is 595 g/mol. The Hall–Kier alpha value is -4.07. The summed E-state index contributed by atoms with van der Waals surface area (Å²) in [6.07, 6.45) is 1.42. The van der Waals surface area contributed by atoms with Gasteiger partial charge in [-0.1, -0.05) is 86.6 Å². The van der Waals surface area contributed by atoms with Gasteiger partial charge in [0.25, 0.3) is 5.91 Å². The molecule has 5 rings (SSSR count). The number of fused-ring (bicyclic) bond motifs is 1. The minimum absolute atomic E-state index is 0.0578. The molecule has 0 aromatic heterocycles. The molecule has 7 heteroatoms. The van der Waals surface area contributed by atoms with E-state index in [1.54, 1.807) is 24.3 Å². The zero-order chi connectivity index (χ0) is 30.9. The topological polar surface area (TPSA) is 64.7 Å². The van der Waals surface area contributed by atoms with Crippen LogP contribution in [0.15, 0.2) is 97.1 Å². The number of hydrogen-bond acceptors (Lipinski definition) is 4. The third-order valence-electron chi connectivity index (χ3n) is 8.80. The fourth-order valence-electron chi connectivity index (χ4n) is 6.15. The van der Waals surface area contributed by atoms with Gasteiger partial charge in [0.2, 0.25) is 5.91 Å². The van der Waals surface area contributed by atoms with Crippen LogP contribution in [0.2, 0.25) is 0 Å². The van der Waals surface area contributed by atoms with E-state index in [0.717, 1.165) is 36.8 Å². The molecule has 44 heavy (non-hydrogen) atoms. The first-order chi connectivity index (χ1) is 21.4. The van der Waals surface area contributed by atoms with Crippen LogP contribution in [0, 0.1) is 5.82 Å². The predicted molar refractivity (Wildman–Crippen MR) is 175 cm³/mol. The Morgan fingerprint density at radius 1 is 0.932 bits per heavy atom. The van der Waals surface area contributed by atoms with Crippen molar-refractivity contribution in [1.29, 1.82) is 0 Å². The fraction of sp³-hybridized carbons (Fsp3) is 0.351. The number of halogens is 1. The van der Waals surface area contributed by atoms with Crippen molar-refractivity contribution >= 4 is 22.6 Å². The van der Waals surface area contributed by atoms with Gasteiger partial charge in [-0.3, -0.25) is 9.59 Å². The Morgan fingerprint density at radius 2 is 1.57 bits per heavy atom. The number of nitrogens with one attached hydrogen (secondary N) is 2. The number of hydrogen-bond donors (Lipinski definition) is 2. The summed E-state index contributed by atoms with van der Waals surface area (Å²) in [6.45, 7) is 8.57. The van der Waals surface area contributed by atoms with Crippen molar-refractivity contribution in [3.8, 4) is 0 Å². The molecule has 4 aromatic carbocycles. The standard InChI is InChI=1S/C37H43FN4O2/c1-3-41(4-2)21-20-35-37(44)42(26-34(27-11-7-5-8-12-27)28-13-9-6-10-14-28)22-19-33(40-35)25-39-36(43)31-16-15-30-24-32(38)18-17-29(30)23-31/h5-18,23-24,33-35,40H,3-4,19-22,25-26H2,1-2H3,(H,39,43). The molecule has 1 saturated heterocycles. The van der Waals surface area contributed by atoms with Crippen molar-refractivity contribution in [3.63, 3.8) is 0 Å². The van der Waals surface area contributed by atoms with Gasteiger partial charge in [0.15, 0.2) is 0 Å². The van der Waals surface area contributed by atoms with Gasteiger partial charge in [-0.15, -0.1) is 0 Å². The van der Waals surface area contributed by atoms with Crippen LogP contribution >= 0.6 is 0 Å². The summed E-state index contributed by atoms with van der Waals surface area (Å²) in [6, 6.07) is 30.2. The van der Waals surface area contributed by atoms with Crippen molar-refractivity contribution in [2.45, 2.75) is 44.7 Å². The number of carbonyl (C=O) groups is 2. The SMILES string of the molecule is CCN(CC)CCC1NC(CNC(=O)c2ccc3cc(F)ccc3c2)CCN(CC(c2ccccc2)c2ccccc2)C1=O. The molecule has 4 aromatic rings. The quantitative estimate of drug-likeness (QED) is 0.217. The summed E-state index contributed by atoms with van der Waals surface area (Å²) in [4.78, 5) is 31.6. The summed E-state index contributed by atoms with van der Waals surface area (Å²) in [5.74, 6) is -0.308. The molecule has 2 N–H and O–H groups in total.